The van der Waals surface area contributed by atoms with E-state index in [1.165, 1.54) is 16.2 Å². The number of carbonyl (C=O) groups excluding carboxylic acids is 2. The molecule has 4 rings (SSSR count). The minimum Gasteiger partial charge on any atom is -0.378 e. The van der Waals surface area contributed by atoms with E-state index in [1.807, 2.05) is 0 Å². The van der Waals surface area contributed by atoms with Gasteiger partial charge in [-0.05, 0) is 21.8 Å². The molecule has 14 heteroatoms. The lowest BCUT2D eigenvalue weighted by Crippen LogP contribution is -3.12. The molecule has 152 valence electrons. The van der Waals surface area contributed by atoms with Crippen molar-refractivity contribution in [3.05, 3.63) is 33.8 Å². The highest BCUT2D eigenvalue weighted by atomic mass is 32.1. The zero-order valence-electron chi connectivity index (χ0n) is 15.1. The molecule has 0 bridgehead atoms. The van der Waals surface area contributed by atoms with Crippen molar-refractivity contribution in [2.75, 3.05) is 32.0 Å². The first-order chi connectivity index (χ1) is 14.1. The normalized spacial score (nSPS) is 14.6. The van der Waals surface area contributed by atoms with Crippen LogP contribution < -0.4 is 21.5 Å². The van der Waals surface area contributed by atoms with Gasteiger partial charge in [-0.25, -0.2) is 4.63 Å². The summed E-state index contributed by atoms with van der Waals surface area (Å²) in [7, 11) is 0. The fraction of sp³-hybridized carbons (Fsp3) is 0.333. The Morgan fingerprint density at radius 2 is 2.03 bits per heavy atom. The molecule has 0 saturated carbocycles. The van der Waals surface area contributed by atoms with Crippen LogP contribution in [0.4, 0.5) is 5.82 Å². The molecule has 0 radical (unpaired) electrons. The number of aromatic nitrogens is 5. The molecule has 13 nitrogen and oxygen atoms in total. The minimum atomic E-state index is -0.620. The van der Waals surface area contributed by atoms with E-state index in [0.717, 1.165) is 17.8 Å². The number of morpholine rings is 1. The van der Waals surface area contributed by atoms with Crippen LogP contribution >= 0.6 is 11.3 Å². The molecule has 0 spiro atoms. The number of rotatable bonds is 5. The fourth-order valence-corrected chi connectivity index (χ4v) is 3.48. The summed E-state index contributed by atoms with van der Waals surface area (Å²) >= 11 is 1.25. The molecule has 4 heterocycles. The Morgan fingerprint density at radius 3 is 2.72 bits per heavy atom. The van der Waals surface area contributed by atoms with Crippen molar-refractivity contribution < 1.29 is 23.9 Å². The van der Waals surface area contributed by atoms with Crippen molar-refractivity contribution in [3.8, 4) is 5.82 Å². The molecule has 1 aliphatic heterocycles. The number of thiophene rings is 1. The Balaban J connectivity index is 1.58. The van der Waals surface area contributed by atoms with Gasteiger partial charge in [-0.3, -0.25) is 20.4 Å². The number of nitrogens with zero attached hydrogens (tertiary/aromatic N) is 5. The van der Waals surface area contributed by atoms with Crippen molar-refractivity contribution in [1.29, 1.82) is 0 Å². The van der Waals surface area contributed by atoms with Crippen molar-refractivity contribution in [3.63, 3.8) is 0 Å². The molecule has 0 atom stereocenters. The van der Waals surface area contributed by atoms with Gasteiger partial charge in [0.1, 0.15) is 19.6 Å². The molecule has 5 N–H and O–H groups in total. The number of nitrogens with two attached hydrogens (primary N) is 1. The van der Waals surface area contributed by atoms with E-state index in [-0.39, 0.29) is 17.3 Å². The van der Waals surface area contributed by atoms with Crippen LogP contribution in [0.5, 0.6) is 0 Å². The number of carbonyl (C=O) groups is 2. The standard InChI is InChI=1S/C15H17N9O4S/c16-12-13(21-28-20-12)24-11(9(17-22-24)8-23-3-5-27-6-4-23)15(26)19-18-14(25)10-2-1-7-29-10/h1-2,7H,3-6,8H2,(H2,16,20)(H,18,25)(H,19,26)/p+1. The zero-order valence-corrected chi connectivity index (χ0v) is 15.9. The summed E-state index contributed by atoms with van der Waals surface area (Å²) in [6.07, 6.45) is 0. The maximum absolute atomic E-state index is 12.9. The van der Waals surface area contributed by atoms with E-state index in [9.17, 15) is 9.59 Å². The molecule has 0 unspecified atom stereocenters. The van der Waals surface area contributed by atoms with Gasteiger partial charge in [-0.1, -0.05) is 11.3 Å². The molecule has 1 saturated heterocycles. The summed E-state index contributed by atoms with van der Waals surface area (Å²) in [5, 5.41) is 17.1. The van der Waals surface area contributed by atoms with Crippen LogP contribution in [-0.2, 0) is 11.3 Å². The summed E-state index contributed by atoms with van der Waals surface area (Å²) in [6.45, 7) is 3.24. The highest BCUT2D eigenvalue weighted by molar-refractivity contribution is 7.12. The Kier molecular flexibility index (Phi) is 5.46. The van der Waals surface area contributed by atoms with Gasteiger partial charge in [0.2, 0.25) is 11.6 Å². The lowest BCUT2D eigenvalue weighted by atomic mass is 10.2. The zero-order chi connectivity index (χ0) is 20.2. The van der Waals surface area contributed by atoms with Crippen LogP contribution in [-0.4, -0.2) is 63.4 Å². The molecule has 0 aromatic carbocycles. The number of hydrazine groups is 1. The molecule has 3 aromatic rings. The second-order valence-corrected chi connectivity index (χ2v) is 7.14. The van der Waals surface area contributed by atoms with E-state index < -0.39 is 11.8 Å². The quantitative estimate of drug-likeness (QED) is 0.334. The van der Waals surface area contributed by atoms with Crippen LogP contribution in [0.3, 0.4) is 0 Å². The van der Waals surface area contributed by atoms with Crippen LogP contribution in [0.1, 0.15) is 25.9 Å². The Hall–Kier alpha value is -3.36. The lowest BCUT2D eigenvalue weighted by Gasteiger charge is -2.23. The number of anilines is 1. The number of nitrogens with one attached hydrogen (secondary N) is 3. The first kappa shape index (κ1) is 19.0. The number of hydrogen-bond donors (Lipinski definition) is 4. The highest BCUT2D eigenvalue weighted by Gasteiger charge is 2.28. The smallest absolute Gasteiger partial charge is 0.290 e. The second-order valence-electron chi connectivity index (χ2n) is 6.19. The topological polar surface area (TPSA) is 168 Å². The van der Waals surface area contributed by atoms with E-state index in [2.05, 4.69) is 36.1 Å². The predicted molar refractivity (Wildman–Crippen MR) is 98.1 cm³/mol. The van der Waals surface area contributed by atoms with Crippen molar-refractivity contribution in [2.24, 2.45) is 0 Å². The van der Waals surface area contributed by atoms with Crippen LogP contribution in [0, 0.1) is 0 Å². The van der Waals surface area contributed by atoms with Crippen LogP contribution in [0.25, 0.3) is 5.82 Å². The van der Waals surface area contributed by atoms with E-state index in [4.69, 9.17) is 10.5 Å². The van der Waals surface area contributed by atoms with Gasteiger partial charge in [0.15, 0.2) is 11.4 Å². The monoisotopic (exact) mass is 420 g/mol. The first-order valence-corrected chi connectivity index (χ1v) is 9.60. The number of hydrogen-bond acceptors (Lipinski definition) is 10. The van der Waals surface area contributed by atoms with Gasteiger partial charge in [-0.15, -0.1) is 16.4 Å². The molecular formula is C15H18N9O4S+. The molecule has 1 aliphatic rings. The summed E-state index contributed by atoms with van der Waals surface area (Å²) in [6, 6.07) is 3.39. The third-order valence-electron chi connectivity index (χ3n) is 4.30. The third kappa shape index (κ3) is 4.08. The Bertz CT molecular complexity index is 994. The maximum Gasteiger partial charge on any atom is 0.290 e. The number of ether oxygens (including phenoxy) is 1. The van der Waals surface area contributed by atoms with E-state index >= 15 is 0 Å². The van der Waals surface area contributed by atoms with Crippen molar-refractivity contribution in [1.82, 2.24) is 36.2 Å². The number of amides is 2. The van der Waals surface area contributed by atoms with Gasteiger partial charge in [0, 0.05) is 0 Å². The average Bonchev–Trinajstić information content (AvgIpc) is 3.47. The minimum absolute atomic E-state index is 0.0375. The van der Waals surface area contributed by atoms with Gasteiger partial charge >= 0.3 is 0 Å². The highest BCUT2D eigenvalue weighted by Crippen LogP contribution is 2.15. The molecule has 0 aliphatic carbocycles. The fourth-order valence-electron chi connectivity index (χ4n) is 2.86. The molecule has 3 aromatic heterocycles. The Labute approximate surface area is 167 Å². The van der Waals surface area contributed by atoms with Crippen LogP contribution in [0.2, 0.25) is 0 Å². The van der Waals surface area contributed by atoms with Gasteiger partial charge in [0.25, 0.3) is 11.8 Å². The maximum atomic E-state index is 12.9. The predicted octanol–water partition coefficient (Wildman–Crippen LogP) is -2.22. The van der Waals surface area contributed by atoms with E-state index in [0.29, 0.717) is 30.3 Å². The molecule has 2 amide bonds. The van der Waals surface area contributed by atoms with Crippen LogP contribution in [0.15, 0.2) is 22.1 Å². The number of nitrogen functional groups attached to an aromatic ring is 1. The van der Waals surface area contributed by atoms with Gasteiger partial charge < -0.3 is 15.4 Å². The van der Waals surface area contributed by atoms with Crippen molar-refractivity contribution in [2.45, 2.75) is 6.54 Å². The summed E-state index contributed by atoms with van der Waals surface area (Å²) < 4.78 is 11.1. The Morgan fingerprint density at radius 1 is 1.24 bits per heavy atom. The SMILES string of the molecule is Nc1nonc1-n1nnc(C[NH+]2CCOCC2)c1C(=O)NNC(=O)c1cccs1. The van der Waals surface area contributed by atoms with E-state index in [1.54, 1.807) is 17.5 Å². The average molecular weight is 420 g/mol. The molecule has 1 fully saturated rings. The molecular weight excluding hydrogens is 402 g/mol. The van der Waals surface area contributed by atoms with Gasteiger partial charge in [-0.2, -0.15) is 4.68 Å². The third-order valence-corrected chi connectivity index (χ3v) is 5.17. The summed E-state index contributed by atoms with van der Waals surface area (Å²) in [4.78, 5) is 26.7. The largest absolute Gasteiger partial charge is 0.378 e. The first-order valence-electron chi connectivity index (χ1n) is 8.72. The lowest BCUT2D eigenvalue weighted by molar-refractivity contribution is -0.921. The van der Waals surface area contributed by atoms with Crippen molar-refractivity contribution >= 4 is 29.0 Å². The second kappa shape index (κ2) is 8.34. The summed E-state index contributed by atoms with van der Waals surface area (Å²) in [5.41, 5.74) is 11.0. The summed E-state index contributed by atoms with van der Waals surface area (Å²) in [5.74, 6) is -1.06. The number of quaternary nitrogens is 1. The van der Waals surface area contributed by atoms with Gasteiger partial charge in [0.05, 0.1) is 18.1 Å². The molecule has 29 heavy (non-hydrogen) atoms.